The van der Waals surface area contributed by atoms with Crippen molar-refractivity contribution in [3.8, 4) is 0 Å². The van der Waals surface area contributed by atoms with E-state index in [0.29, 0.717) is 19.7 Å². The summed E-state index contributed by atoms with van der Waals surface area (Å²) in [5, 5.41) is 1.43. The van der Waals surface area contributed by atoms with Gasteiger partial charge in [-0.25, -0.2) is 9.63 Å². The van der Waals surface area contributed by atoms with Crippen LogP contribution in [0.15, 0.2) is 60.7 Å². The maximum absolute atomic E-state index is 12.6. The van der Waals surface area contributed by atoms with Gasteiger partial charge in [0, 0.05) is 12.1 Å². The third kappa shape index (κ3) is 2.93. The molecule has 23 heavy (non-hydrogen) atoms. The SMILES string of the molecule is O=C(N1CCOC(c2ccccc2)C1)N1OC1c1ccccc1. The smallest absolute Gasteiger partial charge is 0.347 e. The Morgan fingerprint density at radius 1 is 0.957 bits per heavy atom. The highest BCUT2D eigenvalue weighted by Gasteiger charge is 2.45. The Labute approximate surface area is 135 Å². The van der Waals surface area contributed by atoms with E-state index in [4.69, 9.17) is 9.57 Å². The molecule has 2 aliphatic heterocycles. The third-order valence-corrected chi connectivity index (χ3v) is 4.16. The lowest BCUT2D eigenvalue weighted by atomic mass is 10.1. The van der Waals surface area contributed by atoms with Gasteiger partial charge in [0.2, 0.25) is 6.23 Å². The fourth-order valence-electron chi connectivity index (χ4n) is 2.87. The minimum absolute atomic E-state index is 0.0796. The Bertz CT molecular complexity index is 677. The zero-order valence-corrected chi connectivity index (χ0v) is 12.7. The highest BCUT2D eigenvalue weighted by atomic mass is 16.8. The molecule has 2 saturated heterocycles. The van der Waals surface area contributed by atoms with Crippen molar-refractivity contribution in [3.63, 3.8) is 0 Å². The number of hydrogen-bond donors (Lipinski definition) is 0. The number of ether oxygens (including phenoxy) is 1. The fraction of sp³-hybridized carbons (Fsp3) is 0.278. The first-order valence-electron chi connectivity index (χ1n) is 7.79. The normalized spacial score (nSPS) is 23.7. The van der Waals surface area contributed by atoms with Crippen molar-refractivity contribution in [3.05, 3.63) is 71.8 Å². The number of carbonyl (C=O) groups is 1. The number of rotatable bonds is 2. The van der Waals surface area contributed by atoms with E-state index in [1.165, 1.54) is 5.06 Å². The molecule has 5 heteroatoms. The maximum atomic E-state index is 12.6. The van der Waals surface area contributed by atoms with Gasteiger partial charge in [0.1, 0.15) is 6.10 Å². The van der Waals surface area contributed by atoms with E-state index in [9.17, 15) is 4.79 Å². The van der Waals surface area contributed by atoms with Crippen LogP contribution in [0.1, 0.15) is 23.5 Å². The number of nitrogens with zero attached hydrogens (tertiary/aromatic N) is 2. The van der Waals surface area contributed by atoms with Gasteiger partial charge >= 0.3 is 6.03 Å². The van der Waals surface area contributed by atoms with Gasteiger partial charge in [-0.1, -0.05) is 60.7 Å². The molecule has 2 aromatic rings. The lowest BCUT2D eigenvalue weighted by molar-refractivity contribution is -0.0212. The van der Waals surface area contributed by atoms with Crippen molar-refractivity contribution in [2.75, 3.05) is 19.7 Å². The van der Waals surface area contributed by atoms with Crippen molar-refractivity contribution in [1.29, 1.82) is 0 Å². The summed E-state index contributed by atoms with van der Waals surface area (Å²) in [4.78, 5) is 19.8. The summed E-state index contributed by atoms with van der Waals surface area (Å²) in [6.45, 7) is 1.67. The zero-order valence-electron chi connectivity index (χ0n) is 12.7. The van der Waals surface area contributed by atoms with Crippen molar-refractivity contribution in [1.82, 2.24) is 9.96 Å². The number of hydrogen-bond acceptors (Lipinski definition) is 3. The molecule has 2 heterocycles. The lowest BCUT2D eigenvalue weighted by Crippen LogP contribution is -2.44. The quantitative estimate of drug-likeness (QED) is 0.801. The van der Waals surface area contributed by atoms with E-state index >= 15 is 0 Å². The second kappa shape index (κ2) is 6.02. The largest absolute Gasteiger partial charge is 0.370 e. The number of morpholine rings is 1. The third-order valence-electron chi connectivity index (χ3n) is 4.16. The summed E-state index contributed by atoms with van der Waals surface area (Å²) < 4.78 is 5.80. The van der Waals surface area contributed by atoms with Gasteiger partial charge in [-0.05, 0) is 5.56 Å². The van der Waals surface area contributed by atoms with Crippen LogP contribution in [0.25, 0.3) is 0 Å². The van der Waals surface area contributed by atoms with Crippen LogP contribution in [-0.4, -0.2) is 35.7 Å². The Hall–Kier alpha value is -2.37. The summed E-state index contributed by atoms with van der Waals surface area (Å²) in [6.07, 6.45) is -0.342. The minimum Gasteiger partial charge on any atom is -0.370 e. The second-order valence-corrected chi connectivity index (χ2v) is 5.69. The number of carbonyl (C=O) groups excluding carboxylic acids is 1. The molecule has 2 aliphatic rings. The van der Waals surface area contributed by atoms with Crippen LogP contribution >= 0.6 is 0 Å². The van der Waals surface area contributed by atoms with E-state index in [-0.39, 0.29) is 18.4 Å². The van der Waals surface area contributed by atoms with Gasteiger partial charge in [-0.2, -0.15) is 5.06 Å². The zero-order chi connectivity index (χ0) is 15.6. The number of amides is 2. The molecule has 5 nitrogen and oxygen atoms in total. The van der Waals surface area contributed by atoms with Gasteiger partial charge in [-0.15, -0.1) is 0 Å². The van der Waals surface area contributed by atoms with Gasteiger partial charge in [0.05, 0.1) is 13.2 Å². The fourth-order valence-corrected chi connectivity index (χ4v) is 2.87. The summed E-state index contributed by atoms with van der Waals surface area (Å²) in [7, 11) is 0. The van der Waals surface area contributed by atoms with Crippen LogP contribution in [0.3, 0.4) is 0 Å². The molecule has 118 valence electrons. The topological polar surface area (TPSA) is 45.1 Å². The predicted octanol–water partition coefficient (Wildman–Crippen LogP) is 3.13. The predicted molar refractivity (Wildman–Crippen MR) is 84.2 cm³/mol. The Balaban J connectivity index is 1.41. The average molecular weight is 310 g/mol. The lowest BCUT2D eigenvalue weighted by Gasteiger charge is -2.32. The van der Waals surface area contributed by atoms with Crippen molar-refractivity contribution in [2.24, 2.45) is 0 Å². The molecule has 0 N–H and O–H groups in total. The summed E-state index contributed by atoms with van der Waals surface area (Å²) in [5.41, 5.74) is 2.09. The molecule has 0 radical (unpaired) electrons. The maximum Gasteiger partial charge on any atom is 0.347 e. The average Bonchev–Trinajstić information content (AvgIpc) is 3.43. The van der Waals surface area contributed by atoms with E-state index in [1.807, 2.05) is 60.7 Å². The van der Waals surface area contributed by atoms with Crippen LogP contribution in [0.4, 0.5) is 4.79 Å². The summed E-state index contributed by atoms with van der Waals surface area (Å²) in [5.74, 6) is 0. The Morgan fingerprint density at radius 2 is 1.61 bits per heavy atom. The first kappa shape index (κ1) is 14.2. The monoisotopic (exact) mass is 310 g/mol. The van der Waals surface area contributed by atoms with Crippen molar-refractivity contribution >= 4 is 6.03 Å². The van der Waals surface area contributed by atoms with Gasteiger partial charge in [0.25, 0.3) is 0 Å². The Kier molecular flexibility index (Phi) is 3.73. The molecule has 0 aromatic heterocycles. The molecule has 2 unspecified atom stereocenters. The van der Waals surface area contributed by atoms with Crippen LogP contribution in [0, 0.1) is 0 Å². The molecule has 2 fully saturated rings. The first-order valence-corrected chi connectivity index (χ1v) is 7.79. The number of hydroxylamine groups is 2. The standard InChI is InChI=1S/C18H18N2O3/c21-18(20-17(23-20)15-9-5-2-6-10-15)19-11-12-22-16(13-19)14-7-3-1-4-8-14/h1-10,16-17H,11-13H2. The van der Waals surface area contributed by atoms with E-state index in [2.05, 4.69) is 0 Å². The van der Waals surface area contributed by atoms with Crippen LogP contribution < -0.4 is 0 Å². The molecule has 0 spiro atoms. The second-order valence-electron chi connectivity index (χ2n) is 5.69. The molecule has 0 aliphatic carbocycles. The van der Waals surface area contributed by atoms with E-state index < -0.39 is 0 Å². The molecular formula is C18H18N2O3. The molecule has 2 atom stereocenters. The summed E-state index contributed by atoms with van der Waals surface area (Å²) in [6, 6.07) is 19.7. The minimum atomic E-state index is -0.262. The van der Waals surface area contributed by atoms with Crippen LogP contribution in [0.5, 0.6) is 0 Å². The first-order chi connectivity index (χ1) is 11.3. The number of benzene rings is 2. The molecule has 2 aromatic carbocycles. The van der Waals surface area contributed by atoms with Gasteiger partial charge in [0.15, 0.2) is 0 Å². The van der Waals surface area contributed by atoms with E-state index in [0.717, 1.165) is 11.1 Å². The summed E-state index contributed by atoms with van der Waals surface area (Å²) >= 11 is 0. The highest BCUT2D eigenvalue weighted by Crippen LogP contribution is 2.38. The molecule has 4 rings (SSSR count). The molecule has 0 bridgehead atoms. The molecule has 2 amide bonds. The van der Waals surface area contributed by atoms with Gasteiger partial charge in [-0.3, -0.25) is 0 Å². The highest BCUT2D eigenvalue weighted by molar-refractivity contribution is 5.75. The van der Waals surface area contributed by atoms with Crippen LogP contribution in [0.2, 0.25) is 0 Å². The van der Waals surface area contributed by atoms with E-state index in [1.54, 1.807) is 4.90 Å². The van der Waals surface area contributed by atoms with Crippen molar-refractivity contribution in [2.45, 2.75) is 12.3 Å². The van der Waals surface area contributed by atoms with Crippen LogP contribution in [-0.2, 0) is 9.57 Å². The Morgan fingerprint density at radius 3 is 2.30 bits per heavy atom. The van der Waals surface area contributed by atoms with Gasteiger partial charge < -0.3 is 9.64 Å². The molecular weight excluding hydrogens is 292 g/mol. The number of urea groups is 1. The van der Waals surface area contributed by atoms with Crippen molar-refractivity contribution < 1.29 is 14.4 Å². The molecule has 0 saturated carbocycles.